The molecule has 0 bridgehead atoms. The minimum atomic E-state index is 0.541. The maximum atomic E-state index is 6.14. The summed E-state index contributed by atoms with van der Waals surface area (Å²) in [6.07, 6.45) is 3.90. The highest BCUT2D eigenvalue weighted by Crippen LogP contribution is 2.20. The fraction of sp³-hybridized carbons (Fsp3) is 0.733. The van der Waals surface area contributed by atoms with Crippen molar-refractivity contribution in [3.8, 4) is 0 Å². The van der Waals surface area contributed by atoms with Gasteiger partial charge in [-0.25, -0.2) is 9.97 Å². The molecular formula is C15H26ClN3O2. The van der Waals surface area contributed by atoms with Crippen molar-refractivity contribution >= 4 is 17.4 Å². The zero-order valence-corrected chi connectivity index (χ0v) is 14.0. The molecule has 0 saturated heterocycles. The summed E-state index contributed by atoms with van der Waals surface area (Å²) in [6, 6.07) is 0. The second-order valence-corrected chi connectivity index (χ2v) is 5.25. The van der Waals surface area contributed by atoms with E-state index in [0.29, 0.717) is 18.4 Å². The summed E-state index contributed by atoms with van der Waals surface area (Å²) in [5.41, 5.74) is 0.910. The molecule has 120 valence electrons. The van der Waals surface area contributed by atoms with E-state index in [2.05, 4.69) is 22.2 Å². The van der Waals surface area contributed by atoms with E-state index in [1.165, 1.54) is 0 Å². The fourth-order valence-corrected chi connectivity index (χ4v) is 2.01. The fourth-order valence-electron chi connectivity index (χ4n) is 1.82. The Bertz CT molecular complexity index is 416. The van der Waals surface area contributed by atoms with Gasteiger partial charge in [-0.15, -0.1) is 0 Å². The van der Waals surface area contributed by atoms with Crippen molar-refractivity contribution in [2.24, 2.45) is 0 Å². The SMILES string of the molecule is CCCc1nc(Cl)c(C)c(NCCCCOCCOC)n1. The van der Waals surface area contributed by atoms with Crippen molar-refractivity contribution in [1.82, 2.24) is 9.97 Å². The van der Waals surface area contributed by atoms with E-state index in [9.17, 15) is 0 Å². The van der Waals surface area contributed by atoms with Crippen LogP contribution in [-0.2, 0) is 15.9 Å². The first kappa shape index (κ1) is 18.1. The number of hydrogen-bond donors (Lipinski definition) is 1. The lowest BCUT2D eigenvalue weighted by Gasteiger charge is -2.11. The Balaban J connectivity index is 2.31. The van der Waals surface area contributed by atoms with Crippen LogP contribution in [0.1, 0.15) is 37.6 Å². The predicted molar refractivity (Wildman–Crippen MR) is 86.2 cm³/mol. The predicted octanol–water partition coefficient (Wildman–Crippen LogP) is 3.25. The average Bonchev–Trinajstić information content (AvgIpc) is 2.47. The van der Waals surface area contributed by atoms with Crippen LogP contribution >= 0.6 is 11.6 Å². The van der Waals surface area contributed by atoms with Gasteiger partial charge < -0.3 is 14.8 Å². The zero-order chi connectivity index (χ0) is 15.5. The number of methoxy groups -OCH3 is 1. The topological polar surface area (TPSA) is 56.3 Å². The van der Waals surface area contributed by atoms with E-state index in [1.807, 2.05) is 6.92 Å². The van der Waals surface area contributed by atoms with E-state index >= 15 is 0 Å². The number of unbranched alkanes of at least 4 members (excludes halogenated alkanes) is 1. The third-order valence-electron chi connectivity index (χ3n) is 3.05. The molecule has 1 heterocycles. The normalized spacial score (nSPS) is 10.9. The van der Waals surface area contributed by atoms with Gasteiger partial charge in [-0.05, 0) is 26.2 Å². The molecule has 1 aromatic heterocycles. The van der Waals surface area contributed by atoms with Crippen LogP contribution in [0.4, 0.5) is 5.82 Å². The molecular weight excluding hydrogens is 290 g/mol. The highest BCUT2D eigenvalue weighted by Gasteiger charge is 2.08. The van der Waals surface area contributed by atoms with E-state index in [-0.39, 0.29) is 0 Å². The van der Waals surface area contributed by atoms with Gasteiger partial charge in [0.05, 0.1) is 13.2 Å². The standard InChI is InChI=1S/C15H26ClN3O2/c1-4-7-13-18-14(16)12(2)15(19-13)17-8-5-6-9-21-11-10-20-3/h4-11H2,1-3H3,(H,17,18,19). The number of aryl methyl sites for hydroxylation is 1. The lowest BCUT2D eigenvalue weighted by atomic mass is 10.2. The van der Waals surface area contributed by atoms with Gasteiger partial charge in [-0.1, -0.05) is 18.5 Å². The van der Waals surface area contributed by atoms with Crippen LogP contribution in [0.3, 0.4) is 0 Å². The molecule has 0 amide bonds. The Hall–Kier alpha value is -0.910. The van der Waals surface area contributed by atoms with E-state index in [1.54, 1.807) is 7.11 Å². The Kier molecular flexibility index (Phi) is 9.30. The van der Waals surface area contributed by atoms with Crippen molar-refractivity contribution in [3.05, 3.63) is 16.5 Å². The Morgan fingerprint density at radius 2 is 1.95 bits per heavy atom. The van der Waals surface area contributed by atoms with Crippen LogP contribution in [0.5, 0.6) is 0 Å². The third kappa shape index (κ3) is 7.07. The van der Waals surface area contributed by atoms with Crippen molar-refractivity contribution in [2.75, 3.05) is 38.8 Å². The number of nitrogens with zero attached hydrogens (tertiary/aromatic N) is 2. The summed E-state index contributed by atoms with van der Waals surface area (Å²) in [7, 11) is 1.68. The maximum Gasteiger partial charge on any atom is 0.137 e. The number of ether oxygens (including phenoxy) is 2. The minimum absolute atomic E-state index is 0.541. The van der Waals surface area contributed by atoms with Crippen molar-refractivity contribution < 1.29 is 9.47 Å². The van der Waals surface area contributed by atoms with Gasteiger partial charge in [0.2, 0.25) is 0 Å². The van der Waals surface area contributed by atoms with Crippen LogP contribution in [-0.4, -0.2) is 43.4 Å². The first-order chi connectivity index (χ1) is 10.2. The molecule has 0 aliphatic carbocycles. The smallest absolute Gasteiger partial charge is 0.137 e. The average molecular weight is 316 g/mol. The van der Waals surface area contributed by atoms with Crippen LogP contribution in [0.25, 0.3) is 0 Å². The summed E-state index contributed by atoms with van der Waals surface area (Å²) >= 11 is 6.14. The number of halogens is 1. The van der Waals surface area contributed by atoms with Crippen molar-refractivity contribution in [2.45, 2.75) is 39.5 Å². The van der Waals surface area contributed by atoms with Gasteiger partial charge in [0, 0.05) is 32.2 Å². The zero-order valence-electron chi connectivity index (χ0n) is 13.2. The minimum Gasteiger partial charge on any atom is -0.382 e. The molecule has 1 aromatic rings. The van der Waals surface area contributed by atoms with Gasteiger partial charge in [-0.2, -0.15) is 0 Å². The molecule has 21 heavy (non-hydrogen) atoms. The Morgan fingerprint density at radius 1 is 1.14 bits per heavy atom. The molecule has 0 saturated carbocycles. The number of anilines is 1. The molecule has 1 rings (SSSR count). The molecule has 0 radical (unpaired) electrons. The summed E-state index contributed by atoms with van der Waals surface area (Å²) < 4.78 is 10.3. The van der Waals surface area contributed by atoms with Gasteiger partial charge in [0.25, 0.3) is 0 Å². The molecule has 0 atom stereocenters. The van der Waals surface area contributed by atoms with Gasteiger partial charge in [0.15, 0.2) is 0 Å². The number of nitrogens with one attached hydrogen (secondary N) is 1. The molecule has 6 heteroatoms. The molecule has 0 unspecified atom stereocenters. The lowest BCUT2D eigenvalue weighted by Crippen LogP contribution is -2.10. The van der Waals surface area contributed by atoms with Crippen molar-refractivity contribution in [1.29, 1.82) is 0 Å². The van der Waals surface area contributed by atoms with Crippen LogP contribution in [0, 0.1) is 6.92 Å². The number of aromatic nitrogens is 2. The van der Waals surface area contributed by atoms with Gasteiger partial charge in [-0.3, -0.25) is 0 Å². The van der Waals surface area contributed by atoms with Crippen molar-refractivity contribution in [3.63, 3.8) is 0 Å². The highest BCUT2D eigenvalue weighted by molar-refractivity contribution is 6.30. The van der Waals surface area contributed by atoms with Crippen LogP contribution in [0.2, 0.25) is 5.15 Å². The highest BCUT2D eigenvalue weighted by atomic mass is 35.5. The summed E-state index contributed by atoms with van der Waals surface area (Å²) in [5.74, 6) is 1.65. The summed E-state index contributed by atoms with van der Waals surface area (Å²) in [4.78, 5) is 8.82. The second-order valence-electron chi connectivity index (χ2n) is 4.89. The van der Waals surface area contributed by atoms with Gasteiger partial charge in [0.1, 0.15) is 16.8 Å². The molecule has 0 fully saturated rings. The second kappa shape index (κ2) is 10.8. The molecule has 0 aromatic carbocycles. The van der Waals surface area contributed by atoms with Crippen LogP contribution in [0.15, 0.2) is 0 Å². The molecule has 1 N–H and O–H groups in total. The molecule has 0 aliphatic rings. The molecule has 0 spiro atoms. The quantitative estimate of drug-likeness (QED) is 0.502. The monoisotopic (exact) mass is 315 g/mol. The summed E-state index contributed by atoms with van der Waals surface area (Å²) in [6.45, 7) is 6.97. The summed E-state index contributed by atoms with van der Waals surface area (Å²) in [5, 5.41) is 3.88. The molecule has 5 nitrogen and oxygen atoms in total. The van der Waals surface area contributed by atoms with E-state index in [0.717, 1.165) is 56.0 Å². The largest absolute Gasteiger partial charge is 0.382 e. The van der Waals surface area contributed by atoms with Crippen LogP contribution < -0.4 is 5.32 Å². The van der Waals surface area contributed by atoms with E-state index < -0.39 is 0 Å². The first-order valence-electron chi connectivity index (χ1n) is 7.52. The Labute approximate surface area is 132 Å². The van der Waals surface area contributed by atoms with Gasteiger partial charge >= 0.3 is 0 Å². The number of hydrogen-bond acceptors (Lipinski definition) is 5. The third-order valence-corrected chi connectivity index (χ3v) is 3.41. The number of rotatable bonds is 11. The van der Waals surface area contributed by atoms with E-state index in [4.69, 9.17) is 21.1 Å². The maximum absolute atomic E-state index is 6.14. The first-order valence-corrected chi connectivity index (χ1v) is 7.90. The molecule has 0 aliphatic heterocycles. The lowest BCUT2D eigenvalue weighted by molar-refractivity contribution is 0.0691. The Morgan fingerprint density at radius 3 is 2.67 bits per heavy atom.